The molecular formula is C16H12N2O2. The molecule has 98 valence electrons. The first kappa shape index (κ1) is 12.2. The van der Waals surface area contributed by atoms with Gasteiger partial charge in [-0.2, -0.15) is 5.10 Å². The highest BCUT2D eigenvalue weighted by molar-refractivity contribution is 5.84. The van der Waals surface area contributed by atoms with Crippen molar-refractivity contribution in [2.45, 2.75) is 0 Å². The number of H-pyrrole nitrogens is 1. The number of hydrogen-bond donors (Lipinski definition) is 2. The fraction of sp³-hybridized carbons (Fsp3) is 0. The van der Waals surface area contributed by atoms with E-state index >= 15 is 0 Å². The average Bonchev–Trinajstić information content (AvgIpc) is 2.47. The summed E-state index contributed by atoms with van der Waals surface area (Å²) in [7, 11) is 0. The molecule has 2 aromatic carbocycles. The predicted octanol–water partition coefficient (Wildman–Crippen LogP) is 2.80. The Kier molecular flexibility index (Phi) is 3.05. The fourth-order valence-corrected chi connectivity index (χ4v) is 1.99. The summed E-state index contributed by atoms with van der Waals surface area (Å²) in [5, 5.41) is 16.8. The van der Waals surface area contributed by atoms with Crippen molar-refractivity contribution in [3.8, 4) is 5.75 Å². The normalized spacial score (nSPS) is 11.2. The summed E-state index contributed by atoms with van der Waals surface area (Å²) in [4.78, 5) is 11.7. The lowest BCUT2D eigenvalue weighted by Crippen LogP contribution is -2.07. The Hall–Kier alpha value is -2.88. The van der Waals surface area contributed by atoms with Gasteiger partial charge in [0.25, 0.3) is 5.56 Å². The monoisotopic (exact) mass is 264 g/mol. The van der Waals surface area contributed by atoms with Crippen molar-refractivity contribution in [2.75, 3.05) is 0 Å². The lowest BCUT2D eigenvalue weighted by atomic mass is 10.1. The second-order valence-corrected chi connectivity index (χ2v) is 4.47. The topological polar surface area (TPSA) is 66.0 Å². The van der Waals surface area contributed by atoms with Crippen LogP contribution in [0.4, 0.5) is 0 Å². The van der Waals surface area contributed by atoms with Crippen LogP contribution in [0.15, 0.2) is 53.5 Å². The first-order chi connectivity index (χ1) is 9.72. The molecule has 0 atom stereocenters. The van der Waals surface area contributed by atoms with Crippen molar-refractivity contribution in [3.05, 3.63) is 70.1 Å². The Morgan fingerprint density at radius 1 is 1.00 bits per heavy atom. The molecule has 0 spiro atoms. The first-order valence-corrected chi connectivity index (χ1v) is 6.17. The van der Waals surface area contributed by atoms with E-state index in [0.717, 1.165) is 16.5 Å². The summed E-state index contributed by atoms with van der Waals surface area (Å²) in [6, 6.07) is 12.5. The molecule has 0 amide bonds. The molecule has 0 bridgehead atoms. The molecule has 4 heteroatoms. The van der Waals surface area contributed by atoms with Crippen molar-refractivity contribution in [1.82, 2.24) is 10.2 Å². The van der Waals surface area contributed by atoms with E-state index in [9.17, 15) is 9.90 Å². The van der Waals surface area contributed by atoms with Gasteiger partial charge >= 0.3 is 0 Å². The zero-order chi connectivity index (χ0) is 13.9. The maximum Gasteiger partial charge on any atom is 0.272 e. The molecule has 0 aliphatic heterocycles. The first-order valence-electron chi connectivity index (χ1n) is 6.17. The van der Waals surface area contributed by atoms with Gasteiger partial charge in [0.2, 0.25) is 0 Å². The van der Waals surface area contributed by atoms with E-state index < -0.39 is 0 Å². The maximum atomic E-state index is 11.7. The number of aromatic amines is 1. The molecule has 0 saturated heterocycles. The molecule has 20 heavy (non-hydrogen) atoms. The molecule has 1 aromatic heterocycles. The Bertz CT molecular complexity index is 833. The Morgan fingerprint density at radius 2 is 1.70 bits per heavy atom. The maximum absolute atomic E-state index is 11.7. The van der Waals surface area contributed by atoms with Crippen LogP contribution in [-0.4, -0.2) is 15.3 Å². The number of nitrogens with zero attached hydrogens (tertiary/aromatic N) is 1. The average molecular weight is 264 g/mol. The number of nitrogens with one attached hydrogen (secondary N) is 1. The van der Waals surface area contributed by atoms with E-state index in [1.807, 2.05) is 42.5 Å². The van der Waals surface area contributed by atoms with Crippen LogP contribution in [-0.2, 0) is 0 Å². The number of aromatic hydroxyl groups is 1. The molecule has 0 saturated carbocycles. The van der Waals surface area contributed by atoms with E-state index in [1.165, 1.54) is 0 Å². The number of benzene rings is 2. The van der Waals surface area contributed by atoms with Crippen LogP contribution in [0, 0.1) is 0 Å². The minimum Gasteiger partial charge on any atom is -0.508 e. The molecule has 2 N–H and O–H groups in total. The van der Waals surface area contributed by atoms with E-state index in [2.05, 4.69) is 10.2 Å². The van der Waals surface area contributed by atoms with Crippen molar-refractivity contribution >= 4 is 22.9 Å². The number of fused-ring (bicyclic) bond motifs is 1. The standard InChI is InChI=1S/C16H12N2O2/c19-14-7-4-11(5-8-14)1-2-12-3-6-13-10-17-18-16(20)15(13)9-12/h1-10,19H,(H,18,20). The molecule has 0 aliphatic carbocycles. The SMILES string of the molecule is O=c1[nH]ncc2ccc(C=Cc3ccc(O)cc3)cc12. The summed E-state index contributed by atoms with van der Waals surface area (Å²) in [5.74, 6) is 0.242. The van der Waals surface area contributed by atoms with Crippen LogP contribution in [0.3, 0.4) is 0 Å². The Labute approximate surface area is 115 Å². The third-order valence-corrected chi connectivity index (χ3v) is 3.05. The van der Waals surface area contributed by atoms with Gasteiger partial charge in [-0.3, -0.25) is 4.79 Å². The van der Waals surface area contributed by atoms with Gasteiger partial charge in [-0.15, -0.1) is 0 Å². The van der Waals surface area contributed by atoms with Crippen LogP contribution < -0.4 is 5.56 Å². The third-order valence-electron chi connectivity index (χ3n) is 3.05. The molecular weight excluding hydrogens is 252 g/mol. The quantitative estimate of drug-likeness (QED) is 0.699. The summed E-state index contributed by atoms with van der Waals surface area (Å²) in [6.07, 6.45) is 5.48. The smallest absolute Gasteiger partial charge is 0.272 e. The summed E-state index contributed by atoms with van der Waals surface area (Å²) in [6.45, 7) is 0. The lowest BCUT2D eigenvalue weighted by molar-refractivity contribution is 0.475. The predicted molar refractivity (Wildman–Crippen MR) is 79.4 cm³/mol. The van der Waals surface area contributed by atoms with E-state index in [0.29, 0.717) is 5.39 Å². The van der Waals surface area contributed by atoms with Crippen LogP contribution in [0.2, 0.25) is 0 Å². The van der Waals surface area contributed by atoms with Crippen molar-refractivity contribution < 1.29 is 5.11 Å². The molecule has 0 unspecified atom stereocenters. The Balaban J connectivity index is 1.96. The van der Waals surface area contributed by atoms with Gasteiger partial charge in [0.05, 0.1) is 11.6 Å². The van der Waals surface area contributed by atoms with Gasteiger partial charge in [-0.05, 0) is 29.3 Å². The minimum absolute atomic E-state index is 0.192. The number of phenols is 1. The fourth-order valence-electron chi connectivity index (χ4n) is 1.99. The highest BCUT2D eigenvalue weighted by Gasteiger charge is 1.98. The molecule has 0 fully saturated rings. The summed E-state index contributed by atoms with van der Waals surface area (Å²) >= 11 is 0. The third kappa shape index (κ3) is 2.44. The number of aromatic nitrogens is 2. The van der Waals surface area contributed by atoms with Crippen LogP contribution in [0.1, 0.15) is 11.1 Å². The summed E-state index contributed by atoms with van der Waals surface area (Å²) < 4.78 is 0. The Morgan fingerprint density at radius 3 is 2.50 bits per heavy atom. The summed E-state index contributed by atoms with van der Waals surface area (Å²) in [5.41, 5.74) is 1.72. The van der Waals surface area contributed by atoms with Crippen molar-refractivity contribution in [3.63, 3.8) is 0 Å². The van der Waals surface area contributed by atoms with Gasteiger partial charge in [-0.25, -0.2) is 5.10 Å². The second kappa shape index (κ2) is 5.01. The lowest BCUT2D eigenvalue weighted by Gasteiger charge is -1.98. The van der Waals surface area contributed by atoms with E-state index in [-0.39, 0.29) is 11.3 Å². The van der Waals surface area contributed by atoms with Crippen LogP contribution >= 0.6 is 0 Å². The molecule has 3 rings (SSSR count). The molecule has 3 aromatic rings. The van der Waals surface area contributed by atoms with Crippen molar-refractivity contribution in [2.24, 2.45) is 0 Å². The zero-order valence-corrected chi connectivity index (χ0v) is 10.6. The van der Waals surface area contributed by atoms with E-state index in [1.54, 1.807) is 18.3 Å². The van der Waals surface area contributed by atoms with Crippen molar-refractivity contribution in [1.29, 1.82) is 0 Å². The molecule has 4 nitrogen and oxygen atoms in total. The molecule has 0 aliphatic rings. The minimum atomic E-state index is -0.192. The van der Waals surface area contributed by atoms with Gasteiger partial charge in [0, 0.05) is 5.39 Å². The van der Waals surface area contributed by atoms with Crippen LogP contribution in [0.25, 0.3) is 22.9 Å². The number of rotatable bonds is 2. The van der Waals surface area contributed by atoms with E-state index in [4.69, 9.17) is 0 Å². The number of hydrogen-bond acceptors (Lipinski definition) is 3. The largest absolute Gasteiger partial charge is 0.508 e. The highest BCUT2D eigenvalue weighted by Crippen LogP contribution is 2.15. The number of phenolic OH excluding ortho intramolecular Hbond substituents is 1. The van der Waals surface area contributed by atoms with Gasteiger partial charge in [0.1, 0.15) is 5.75 Å². The van der Waals surface area contributed by atoms with Crippen LogP contribution in [0.5, 0.6) is 5.75 Å². The second-order valence-electron chi connectivity index (χ2n) is 4.47. The van der Waals surface area contributed by atoms with Gasteiger partial charge in [0.15, 0.2) is 0 Å². The highest BCUT2D eigenvalue weighted by atomic mass is 16.3. The zero-order valence-electron chi connectivity index (χ0n) is 10.6. The molecule has 1 heterocycles. The van der Waals surface area contributed by atoms with Gasteiger partial charge < -0.3 is 5.11 Å². The molecule has 0 radical (unpaired) electrons. The van der Waals surface area contributed by atoms with Gasteiger partial charge in [-0.1, -0.05) is 36.4 Å².